The van der Waals surface area contributed by atoms with Crippen LogP contribution < -0.4 is 19.6 Å². The highest BCUT2D eigenvalue weighted by atomic mass is 31.1. The molecule has 4 bridgehead atoms. The quantitative estimate of drug-likeness (QED) is 0.171. The van der Waals surface area contributed by atoms with Gasteiger partial charge in [-0.3, -0.25) is 0 Å². The summed E-state index contributed by atoms with van der Waals surface area (Å²) >= 11 is 0. The fourth-order valence-corrected chi connectivity index (χ4v) is 16.3. The van der Waals surface area contributed by atoms with Crippen LogP contribution in [0.25, 0.3) is 11.0 Å². The molecule has 4 unspecified atom stereocenters. The first-order valence-electron chi connectivity index (χ1n) is 22.9. The number of aromatic nitrogens is 4. The summed E-state index contributed by atoms with van der Waals surface area (Å²) in [6.45, 7) is 12.1. The zero-order chi connectivity index (χ0) is 43.1. The van der Waals surface area contributed by atoms with Crippen molar-refractivity contribution in [2.45, 2.75) is 70.5 Å². The Morgan fingerprint density at radius 2 is 1.33 bits per heavy atom. The summed E-state index contributed by atoms with van der Waals surface area (Å²) < 4.78 is 7.91. The van der Waals surface area contributed by atoms with Gasteiger partial charge in [0.2, 0.25) is 0 Å². The molecule has 0 aliphatic carbocycles. The molecule has 11 rings (SSSR count). The monoisotopic (exact) mass is 877 g/mol. The predicted octanol–water partition coefficient (Wildman–Crippen LogP) is 12.7. The van der Waals surface area contributed by atoms with Gasteiger partial charge in [-0.1, -0.05) is 132 Å². The molecular weight excluding hydrogens is 823 g/mol. The molecule has 0 amide bonds. The molecule has 0 spiro atoms. The van der Waals surface area contributed by atoms with E-state index in [-0.39, 0.29) is 12.3 Å². The lowest BCUT2D eigenvalue weighted by Crippen LogP contribution is -2.47. The van der Waals surface area contributed by atoms with Crippen LogP contribution in [-0.4, -0.2) is 44.9 Å². The van der Waals surface area contributed by atoms with Gasteiger partial charge in [0.05, 0.1) is 47.8 Å². The smallest absolute Gasteiger partial charge is 0.148 e. The standard InChI is InChI=1S/C54H55N8P2/c1-4-5-25-43-39(2)35-49-53(55-56-60(49)37-40-20-8-6-9-21-40)54-50(64(57-63(54)3)38-41-22-10-7-11-23-41)31-32-51-58-33-18-19-34-59-46-28-15-16-29-47(46)61(43)52(59)36-42-24-12-13-26-44(42)62(51)48-30-17-14-27-45(48)58/h4-17,20-30,51-52H,2,18-19,31-38H2,1,3H3/q+1/b5-4-,43-25+. The summed E-state index contributed by atoms with van der Waals surface area (Å²) in [6.07, 6.45) is 13.3. The molecule has 4 aliphatic rings. The molecule has 4 aliphatic heterocycles. The third-order valence-electron chi connectivity index (χ3n) is 13.6. The Labute approximate surface area is 379 Å². The predicted molar refractivity (Wildman–Crippen MR) is 268 cm³/mol. The largest absolute Gasteiger partial charge is 0.349 e. The molecule has 10 heteroatoms. The number of benzene rings is 5. The first kappa shape index (κ1) is 40.6. The molecule has 8 nitrogen and oxygen atoms in total. The molecule has 7 aromatic rings. The van der Waals surface area contributed by atoms with Gasteiger partial charge in [0.15, 0.2) is 0 Å². The van der Waals surface area contributed by atoms with Gasteiger partial charge in [0, 0.05) is 43.7 Å². The molecule has 0 saturated carbocycles. The minimum Gasteiger partial charge on any atom is -0.349 e. The highest BCUT2D eigenvalue weighted by Gasteiger charge is 2.43. The minimum absolute atomic E-state index is 0.0336. The van der Waals surface area contributed by atoms with Crippen molar-refractivity contribution >= 4 is 43.8 Å². The number of para-hydroxylation sites is 5. The van der Waals surface area contributed by atoms with E-state index in [2.05, 4.69) is 190 Å². The summed E-state index contributed by atoms with van der Waals surface area (Å²) in [6, 6.07) is 49.1. The zero-order valence-corrected chi connectivity index (χ0v) is 38.6. The molecule has 0 fully saturated rings. The van der Waals surface area contributed by atoms with E-state index >= 15 is 0 Å². The Morgan fingerprint density at radius 3 is 2.03 bits per heavy atom. The summed E-state index contributed by atoms with van der Waals surface area (Å²) in [5, 5.41) is 13.1. The van der Waals surface area contributed by atoms with E-state index in [1.807, 2.05) is 0 Å². The van der Waals surface area contributed by atoms with E-state index in [9.17, 15) is 0 Å². The third kappa shape index (κ3) is 7.27. The van der Waals surface area contributed by atoms with Crippen LogP contribution in [0.15, 0.2) is 170 Å². The molecular formula is C54H55N8P2+. The summed E-state index contributed by atoms with van der Waals surface area (Å²) in [7, 11) is -1.67. The first-order valence-corrected chi connectivity index (χ1v) is 26.1. The van der Waals surface area contributed by atoms with Crippen molar-refractivity contribution < 1.29 is 0 Å². The van der Waals surface area contributed by atoms with Crippen LogP contribution in [0, 0.1) is 0 Å². The second-order valence-electron chi connectivity index (χ2n) is 17.5. The number of hydrogen-bond acceptors (Lipinski definition) is 7. The van der Waals surface area contributed by atoms with Crippen molar-refractivity contribution in [1.29, 1.82) is 0 Å². The fraction of sp³-hybridized carbons (Fsp3) is 0.259. The maximum absolute atomic E-state index is 5.75. The Kier molecular flexibility index (Phi) is 11.0. The molecule has 320 valence electrons. The lowest BCUT2D eigenvalue weighted by molar-refractivity contribution is 0.538. The molecule has 4 atom stereocenters. The number of anilines is 5. The molecule has 64 heavy (non-hydrogen) atoms. The van der Waals surface area contributed by atoms with Crippen LogP contribution in [-0.2, 0) is 38.6 Å². The van der Waals surface area contributed by atoms with Gasteiger partial charge in [0.25, 0.3) is 0 Å². The van der Waals surface area contributed by atoms with Crippen LogP contribution in [0.3, 0.4) is 0 Å². The van der Waals surface area contributed by atoms with E-state index in [0.29, 0.717) is 13.0 Å². The van der Waals surface area contributed by atoms with Crippen molar-refractivity contribution in [2.75, 3.05) is 32.7 Å². The highest BCUT2D eigenvalue weighted by Crippen LogP contribution is 2.55. The van der Waals surface area contributed by atoms with E-state index in [4.69, 9.17) is 21.4 Å². The zero-order valence-electron chi connectivity index (χ0n) is 36.8. The normalized spacial score (nSPS) is 19.5. The van der Waals surface area contributed by atoms with Gasteiger partial charge >= 0.3 is 0 Å². The lowest BCUT2D eigenvalue weighted by atomic mass is 10.00. The van der Waals surface area contributed by atoms with Crippen molar-refractivity contribution in [2.24, 2.45) is 6.66 Å². The van der Waals surface area contributed by atoms with E-state index in [1.165, 1.54) is 55.7 Å². The van der Waals surface area contributed by atoms with E-state index in [1.54, 1.807) is 0 Å². The summed E-state index contributed by atoms with van der Waals surface area (Å²) in [5.74, 6) is 0. The van der Waals surface area contributed by atoms with Gasteiger partial charge in [0.1, 0.15) is 44.0 Å². The lowest BCUT2D eigenvalue weighted by Gasteiger charge is -2.39. The number of rotatable bonds is 5. The molecule has 2 aromatic heterocycles. The fourth-order valence-electron chi connectivity index (χ4n) is 10.7. The third-order valence-corrected chi connectivity index (χ3v) is 18.5. The Bertz CT molecular complexity index is 2900. The summed E-state index contributed by atoms with van der Waals surface area (Å²) in [5.41, 5.74) is 14.6. The van der Waals surface area contributed by atoms with Crippen LogP contribution in [0.4, 0.5) is 28.4 Å². The molecule has 5 aromatic carbocycles. The van der Waals surface area contributed by atoms with E-state index in [0.717, 1.165) is 74.0 Å². The minimum atomic E-state index is -0.855. The maximum atomic E-state index is 5.75. The van der Waals surface area contributed by atoms with Gasteiger partial charge in [-0.15, -0.1) is 5.10 Å². The average molecular weight is 878 g/mol. The first-order chi connectivity index (χ1) is 31.6. The summed E-state index contributed by atoms with van der Waals surface area (Å²) in [4.78, 5) is 10.7. The second-order valence-corrected chi connectivity index (χ2v) is 21.3. The van der Waals surface area contributed by atoms with Gasteiger partial charge < -0.3 is 19.6 Å². The topological polar surface area (TPSA) is 56.6 Å². The molecule has 0 N–H and O–H groups in total. The van der Waals surface area contributed by atoms with Crippen LogP contribution in [0.2, 0.25) is 0 Å². The highest BCUT2D eigenvalue weighted by molar-refractivity contribution is 7.61. The average Bonchev–Trinajstić information content (AvgIpc) is 4.03. The van der Waals surface area contributed by atoms with Crippen LogP contribution in [0.1, 0.15) is 53.9 Å². The number of allylic oxidation sites excluding steroid dienone is 4. The van der Waals surface area contributed by atoms with Gasteiger partial charge in [-0.05, 0) is 84.9 Å². The van der Waals surface area contributed by atoms with Crippen molar-refractivity contribution in [1.82, 2.24) is 19.5 Å². The maximum Gasteiger partial charge on any atom is 0.148 e. The Balaban J connectivity index is 1.17. The SMILES string of the molecule is C=C1Cc2c(nnn2Cc2ccccc2)-c2c(p(Cc3ccccc3)n[p+]2C)CCC2N3CCCCN4c5ccccc5N(/C1=C/C=C\C)C4Cc1ccccc1N2c1ccccc13. The number of aryl methyl sites for hydroxylation is 1. The molecule has 6 heterocycles. The molecule has 0 radical (unpaired) electrons. The number of hydrogen-bond donors (Lipinski definition) is 0. The van der Waals surface area contributed by atoms with Crippen molar-refractivity contribution in [3.05, 3.63) is 197 Å². The van der Waals surface area contributed by atoms with Gasteiger partial charge in [-0.2, -0.15) is 0 Å². The molecule has 0 saturated heterocycles. The van der Waals surface area contributed by atoms with Crippen molar-refractivity contribution in [3.63, 3.8) is 0 Å². The van der Waals surface area contributed by atoms with Crippen LogP contribution >= 0.6 is 15.4 Å². The Hall–Kier alpha value is -6.20. The Morgan fingerprint density at radius 1 is 0.719 bits per heavy atom. The van der Waals surface area contributed by atoms with Crippen LogP contribution in [0.5, 0.6) is 0 Å². The van der Waals surface area contributed by atoms with Gasteiger partial charge in [-0.25, -0.2) is 4.68 Å². The number of nitrogens with zero attached hydrogens (tertiary/aromatic N) is 8. The number of fused-ring (bicyclic) bond motifs is 8. The second kappa shape index (κ2) is 17.4. The van der Waals surface area contributed by atoms with E-state index < -0.39 is 15.4 Å². The van der Waals surface area contributed by atoms with Crippen molar-refractivity contribution in [3.8, 4) is 11.0 Å².